The van der Waals surface area contributed by atoms with Crippen molar-refractivity contribution < 1.29 is 13.5 Å². The molecule has 1 N–H and O–H groups in total. The van der Waals surface area contributed by atoms with Gasteiger partial charge in [0.2, 0.25) is 0 Å². The van der Waals surface area contributed by atoms with Crippen molar-refractivity contribution in [3.05, 3.63) is 35.4 Å². The third-order valence-corrected chi connectivity index (χ3v) is 3.80. The minimum atomic E-state index is -0.799. The molecule has 1 aliphatic carbocycles. The molecule has 0 radical (unpaired) electrons. The Bertz CT molecular complexity index is 419. The molecule has 0 bridgehead atoms. The van der Waals surface area contributed by atoms with E-state index in [1.165, 1.54) is 12.8 Å². The molecular formula is C16H23F2NO. The predicted molar refractivity (Wildman–Crippen MR) is 75.6 cm³/mol. The van der Waals surface area contributed by atoms with Gasteiger partial charge in [-0.05, 0) is 31.9 Å². The van der Waals surface area contributed by atoms with Gasteiger partial charge in [-0.15, -0.1) is 0 Å². The summed E-state index contributed by atoms with van der Waals surface area (Å²) in [4.78, 5) is 0. The zero-order valence-electron chi connectivity index (χ0n) is 12.0. The molecule has 1 atom stereocenters. The van der Waals surface area contributed by atoms with Crippen molar-refractivity contribution >= 4 is 0 Å². The Labute approximate surface area is 119 Å². The van der Waals surface area contributed by atoms with Crippen LogP contribution in [0.1, 0.15) is 50.6 Å². The van der Waals surface area contributed by atoms with Gasteiger partial charge in [0.05, 0.1) is 18.8 Å². The molecule has 2 nitrogen and oxygen atoms in total. The molecule has 1 aromatic rings. The first kappa shape index (κ1) is 15.4. The molecule has 20 heavy (non-hydrogen) atoms. The molecule has 0 heterocycles. The molecule has 4 heteroatoms. The van der Waals surface area contributed by atoms with E-state index in [0.717, 1.165) is 31.9 Å². The van der Waals surface area contributed by atoms with E-state index in [4.69, 9.17) is 4.74 Å². The van der Waals surface area contributed by atoms with Crippen molar-refractivity contribution in [2.45, 2.75) is 51.2 Å². The quantitative estimate of drug-likeness (QED) is 0.817. The fraction of sp³-hybridized carbons (Fsp3) is 0.625. The van der Waals surface area contributed by atoms with Crippen molar-refractivity contribution in [1.82, 2.24) is 5.32 Å². The number of benzene rings is 1. The van der Waals surface area contributed by atoms with Crippen molar-refractivity contribution in [1.29, 1.82) is 0 Å². The summed E-state index contributed by atoms with van der Waals surface area (Å²) >= 11 is 0. The number of halogens is 2. The summed E-state index contributed by atoms with van der Waals surface area (Å²) in [5, 5.41) is 3.25. The topological polar surface area (TPSA) is 21.3 Å². The van der Waals surface area contributed by atoms with E-state index in [2.05, 4.69) is 5.32 Å². The molecular weight excluding hydrogens is 260 g/mol. The highest BCUT2D eigenvalue weighted by Crippen LogP contribution is 2.24. The van der Waals surface area contributed by atoms with Gasteiger partial charge in [-0.1, -0.05) is 31.9 Å². The monoisotopic (exact) mass is 283 g/mol. The lowest BCUT2D eigenvalue weighted by molar-refractivity contribution is 0.0419. The third kappa shape index (κ3) is 4.00. The van der Waals surface area contributed by atoms with Crippen molar-refractivity contribution in [3.63, 3.8) is 0 Å². The van der Waals surface area contributed by atoms with Crippen molar-refractivity contribution in [2.75, 3.05) is 13.2 Å². The average Bonchev–Trinajstić information content (AvgIpc) is 2.96. The highest BCUT2D eigenvalue weighted by Gasteiger charge is 2.21. The first-order valence-electron chi connectivity index (χ1n) is 7.51. The number of ether oxygens (including phenoxy) is 1. The Balaban J connectivity index is 2.03. The van der Waals surface area contributed by atoms with Gasteiger partial charge in [-0.3, -0.25) is 0 Å². The zero-order chi connectivity index (χ0) is 14.4. The van der Waals surface area contributed by atoms with Crippen molar-refractivity contribution in [3.8, 4) is 0 Å². The lowest BCUT2D eigenvalue weighted by atomic mass is 10.1. The molecule has 112 valence electrons. The van der Waals surface area contributed by atoms with E-state index in [0.29, 0.717) is 12.2 Å². The minimum Gasteiger partial charge on any atom is -0.376 e. The van der Waals surface area contributed by atoms with E-state index in [9.17, 15) is 8.78 Å². The highest BCUT2D eigenvalue weighted by molar-refractivity contribution is 5.22. The molecule has 1 aliphatic rings. The Kier molecular flexibility index (Phi) is 5.92. The van der Waals surface area contributed by atoms with E-state index >= 15 is 0 Å². The molecule has 0 spiro atoms. The molecule has 0 aliphatic heterocycles. The summed E-state index contributed by atoms with van der Waals surface area (Å²) in [6.07, 6.45) is 5.77. The lowest BCUT2D eigenvalue weighted by Crippen LogP contribution is -2.29. The Morgan fingerprint density at radius 1 is 1.30 bits per heavy atom. The van der Waals surface area contributed by atoms with Gasteiger partial charge in [0, 0.05) is 5.56 Å². The maximum absolute atomic E-state index is 13.9. The van der Waals surface area contributed by atoms with Crippen LogP contribution in [0, 0.1) is 11.6 Å². The van der Waals surface area contributed by atoms with Crippen LogP contribution in [0.25, 0.3) is 0 Å². The fourth-order valence-electron chi connectivity index (χ4n) is 2.65. The molecule has 1 fully saturated rings. The van der Waals surface area contributed by atoms with E-state index < -0.39 is 11.6 Å². The number of hydrogen-bond donors (Lipinski definition) is 1. The van der Waals surface area contributed by atoms with Gasteiger partial charge in [0.15, 0.2) is 11.6 Å². The van der Waals surface area contributed by atoms with Crippen LogP contribution < -0.4 is 5.32 Å². The number of rotatable bonds is 7. The molecule has 0 aromatic heterocycles. The maximum Gasteiger partial charge on any atom is 0.163 e. The SMILES string of the molecule is CCCNC(COC1CCCC1)c1cccc(F)c1F. The normalized spacial score (nSPS) is 17.6. The second-order valence-corrected chi connectivity index (χ2v) is 5.39. The molecule has 1 unspecified atom stereocenters. The minimum absolute atomic E-state index is 0.276. The molecule has 0 saturated heterocycles. The summed E-state index contributed by atoms with van der Waals surface area (Å²) in [6, 6.07) is 4.03. The summed E-state index contributed by atoms with van der Waals surface area (Å²) in [5.41, 5.74) is 0.358. The van der Waals surface area contributed by atoms with Crippen LogP contribution in [0.4, 0.5) is 8.78 Å². The lowest BCUT2D eigenvalue weighted by Gasteiger charge is -2.22. The number of hydrogen-bond acceptors (Lipinski definition) is 2. The van der Waals surface area contributed by atoms with Crippen LogP contribution in [-0.2, 0) is 4.74 Å². The second-order valence-electron chi connectivity index (χ2n) is 5.39. The molecule has 1 aromatic carbocycles. The van der Waals surface area contributed by atoms with Crippen LogP contribution in [-0.4, -0.2) is 19.3 Å². The van der Waals surface area contributed by atoms with Gasteiger partial charge >= 0.3 is 0 Å². The Morgan fingerprint density at radius 3 is 2.75 bits per heavy atom. The molecule has 1 saturated carbocycles. The summed E-state index contributed by atoms with van der Waals surface area (Å²) in [6.45, 7) is 3.20. The van der Waals surface area contributed by atoms with Crippen LogP contribution >= 0.6 is 0 Å². The third-order valence-electron chi connectivity index (χ3n) is 3.80. The van der Waals surface area contributed by atoms with Gasteiger partial charge in [-0.2, -0.15) is 0 Å². The summed E-state index contributed by atoms with van der Waals surface area (Å²) in [7, 11) is 0. The predicted octanol–water partition coefficient (Wildman–Crippen LogP) is 3.96. The average molecular weight is 283 g/mol. The fourth-order valence-corrected chi connectivity index (χ4v) is 2.65. The largest absolute Gasteiger partial charge is 0.376 e. The first-order chi connectivity index (χ1) is 9.72. The second kappa shape index (κ2) is 7.70. The Morgan fingerprint density at radius 2 is 2.05 bits per heavy atom. The molecule has 0 amide bonds. The van der Waals surface area contributed by atoms with Crippen LogP contribution in [0.3, 0.4) is 0 Å². The van der Waals surface area contributed by atoms with Crippen LogP contribution in [0.5, 0.6) is 0 Å². The first-order valence-corrected chi connectivity index (χ1v) is 7.51. The standard InChI is InChI=1S/C16H23F2NO/c1-2-10-19-15(11-20-12-6-3-4-7-12)13-8-5-9-14(17)16(13)18/h5,8-9,12,15,19H,2-4,6-7,10-11H2,1H3. The number of nitrogens with one attached hydrogen (secondary N) is 1. The maximum atomic E-state index is 13.9. The summed E-state index contributed by atoms with van der Waals surface area (Å²) in [5.74, 6) is -1.57. The van der Waals surface area contributed by atoms with Gasteiger partial charge in [0.1, 0.15) is 0 Å². The van der Waals surface area contributed by atoms with E-state index in [1.807, 2.05) is 6.92 Å². The van der Waals surface area contributed by atoms with Crippen molar-refractivity contribution in [2.24, 2.45) is 0 Å². The highest BCUT2D eigenvalue weighted by atomic mass is 19.2. The summed E-state index contributed by atoms with van der Waals surface area (Å²) < 4.78 is 33.1. The smallest absolute Gasteiger partial charge is 0.163 e. The molecule has 2 rings (SSSR count). The van der Waals surface area contributed by atoms with Gasteiger partial charge in [-0.25, -0.2) is 8.78 Å². The van der Waals surface area contributed by atoms with Crippen LogP contribution in [0.15, 0.2) is 18.2 Å². The van der Waals surface area contributed by atoms with Gasteiger partial charge in [0.25, 0.3) is 0 Å². The van der Waals surface area contributed by atoms with E-state index in [1.54, 1.807) is 12.1 Å². The zero-order valence-corrected chi connectivity index (χ0v) is 12.0. The van der Waals surface area contributed by atoms with Crippen LogP contribution in [0.2, 0.25) is 0 Å². The van der Waals surface area contributed by atoms with E-state index in [-0.39, 0.29) is 12.1 Å². The van der Waals surface area contributed by atoms with Gasteiger partial charge < -0.3 is 10.1 Å². The Hall–Kier alpha value is -1.00.